The van der Waals surface area contributed by atoms with Gasteiger partial charge in [0.15, 0.2) is 0 Å². The van der Waals surface area contributed by atoms with E-state index in [0.29, 0.717) is 17.1 Å². The number of nitrogens with zero attached hydrogens (tertiary/aromatic N) is 3. The maximum atomic E-state index is 12.2. The summed E-state index contributed by atoms with van der Waals surface area (Å²) in [7, 11) is 1.64. The molecule has 0 atom stereocenters. The fraction of sp³-hybridized carbons (Fsp3) is 0.133. The number of fused-ring (bicyclic) bond motifs is 2. The number of pyridine rings is 1. The lowest BCUT2D eigenvalue weighted by Crippen LogP contribution is -2.25. The molecular formula is C15H12N4OS. The van der Waals surface area contributed by atoms with Crippen molar-refractivity contribution >= 4 is 36.0 Å². The number of aromatic nitrogens is 1. The lowest BCUT2D eigenvalue weighted by Gasteiger charge is -2.15. The van der Waals surface area contributed by atoms with Crippen molar-refractivity contribution in [1.29, 1.82) is 5.26 Å². The average Bonchev–Trinajstić information content (AvgIpc) is 2.66. The van der Waals surface area contributed by atoms with Crippen LogP contribution in [0.1, 0.15) is 16.7 Å². The molecule has 0 amide bonds. The molecule has 0 unspecified atom stereocenters. The topological polar surface area (TPSA) is 70.2 Å². The second-order valence-electron chi connectivity index (χ2n) is 4.79. The molecule has 3 rings (SSSR count). The molecule has 0 spiro atoms. The second-order valence-corrected chi connectivity index (χ2v) is 5.28. The first-order valence-corrected chi connectivity index (χ1v) is 6.76. The van der Waals surface area contributed by atoms with Crippen LogP contribution in [-0.4, -0.2) is 10.8 Å². The zero-order chi connectivity index (χ0) is 15.1. The molecule has 6 heteroatoms. The summed E-state index contributed by atoms with van der Waals surface area (Å²) >= 11 is 4.40. The Hall–Kier alpha value is -2.52. The summed E-state index contributed by atoms with van der Waals surface area (Å²) in [5, 5.41) is 12.4. The lowest BCUT2D eigenvalue weighted by atomic mass is 10.1. The molecule has 2 heterocycles. The maximum Gasteiger partial charge on any atom is 0.270 e. The SMILES string of the molecule is Cc1c2c(n(C)c(=O)c1C#N)Nc1cccc(S)c1N=C2. The van der Waals surface area contributed by atoms with Crippen LogP contribution in [0.3, 0.4) is 0 Å². The molecule has 0 radical (unpaired) electrons. The van der Waals surface area contributed by atoms with Crippen LogP contribution < -0.4 is 10.9 Å². The van der Waals surface area contributed by atoms with Crippen molar-refractivity contribution in [2.75, 3.05) is 5.32 Å². The van der Waals surface area contributed by atoms with Gasteiger partial charge in [-0.2, -0.15) is 5.26 Å². The molecule has 5 nitrogen and oxygen atoms in total. The van der Waals surface area contributed by atoms with Crippen molar-refractivity contribution in [3.63, 3.8) is 0 Å². The molecule has 1 aliphatic heterocycles. The fourth-order valence-electron chi connectivity index (χ4n) is 2.39. The first-order chi connectivity index (χ1) is 10.0. The summed E-state index contributed by atoms with van der Waals surface area (Å²) in [5.74, 6) is 0.623. The Morgan fingerprint density at radius 1 is 1.43 bits per heavy atom. The molecule has 2 aromatic rings. The predicted octanol–water partition coefficient (Wildman–Crippen LogP) is 2.66. The van der Waals surface area contributed by atoms with Crippen LogP contribution in [0.15, 0.2) is 32.9 Å². The fourth-order valence-corrected chi connectivity index (χ4v) is 2.65. The van der Waals surface area contributed by atoms with Gasteiger partial charge in [0.2, 0.25) is 0 Å². The lowest BCUT2D eigenvalue weighted by molar-refractivity contribution is 0.860. The Balaban J connectivity index is 2.36. The smallest absolute Gasteiger partial charge is 0.270 e. The van der Waals surface area contributed by atoms with Gasteiger partial charge in [-0.05, 0) is 24.6 Å². The maximum absolute atomic E-state index is 12.2. The summed E-state index contributed by atoms with van der Waals surface area (Å²) in [6, 6.07) is 7.56. The van der Waals surface area contributed by atoms with Crippen molar-refractivity contribution in [2.45, 2.75) is 11.8 Å². The van der Waals surface area contributed by atoms with Gasteiger partial charge in [0.1, 0.15) is 17.5 Å². The Morgan fingerprint density at radius 3 is 2.90 bits per heavy atom. The molecule has 0 fully saturated rings. The van der Waals surface area contributed by atoms with Gasteiger partial charge in [0.25, 0.3) is 5.56 Å². The third kappa shape index (κ3) is 1.94. The molecule has 1 aliphatic rings. The number of rotatable bonds is 0. The van der Waals surface area contributed by atoms with Crippen LogP contribution in [-0.2, 0) is 7.05 Å². The predicted molar refractivity (Wildman–Crippen MR) is 85.4 cm³/mol. The Kier molecular flexibility index (Phi) is 3.07. The van der Waals surface area contributed by atoms with Gasteiger partial charge in [-0.15, -0.1) is 12.6 Å². The van der Waals surface area contributed by atoms with E-state index in [9.17, 15) is 10.1 Å². The summed E-state index contributed by atoms with van der Waals surface area (Å²) in [6.45, 7) is 1.75. The highest BCUT2D eigenvalue weighted by Gasteiger charge is 2.20. The van der Waals surface area contributed by atoms with Gasteiger partial charge < -0.3 is 5.32 Å². The van der Waals surface area contributed by atoms with E-state index in [-0.39, 0.29) is 11.1 Å². The van der Waals surface area contributed by atoms with E-state index < -0.39 is 0 Å². The monoisotopic (exact) mass is 296 g/mol. The Labute approximate surface area is 127 Å². The summed E-state index contributed by atoms with van der Waals surface area (Å²) < 4.78 is 1.44. The Bertz CT molecular complexity index is 890. The molecular weight excluding hydrogens is 284 g/mol. The number of para-hydroxylation sites is 1. The number of anilines is 2. The van der Waals surface area contributed by atoms with E-state index >= 15 is 0 Å². The van der Waals surface area contributed by atoms with Gasteiger partial charge in [-0.1, -0.05) is 6.07 Å². The molecule has 0 saturated heterocycles. The average molecular weight is 296 g/mol. The van der Waals surface area contributed by atoms with Gasteiger partial charge >= 0.3 is 0 Å². The quantitative estimate of drug-likeness (QED) is 0.627. The number of benzene rings is 1. The second kappa shape index (κ2) is 4.79. The van der Waals surface area contributed by atoms with Gasteiger partial charge in [-0.3, -0.25) is 14.4 Å². The summed E-state index contributed by atoms with van der Waals surface area (Å²) in [4.78, 5) is 17.4. The van der Waals surface area contributed by atoms with Crippen LogP contribution in [0.25, 0.3) is 0 Å². The molecule has 0 bridgehead atoms. The van der Waals surface area contributed by atoms with Crippen molar-refractivity contribution < 1.29 is 0 Å². The van der Waals surface area contributed by atoms with E-state index in [1.165, 1.54) is 4.57 Å². The van der Waals surface area contributed by atoms with E-state index in [4.69, 9.17) is 0 Å². The van der Waals surface area contributed by atoms with Crippen LogP contribution in [0.2, 0.25) is 0 Å². The summed E-state index contributed by atoms with van der Waals surface area (Å²) in [6.07, 6.45) is 1.67. The number of aliphatic imine (C=N–C) groups is 1. The third-order valence-electron chi connectivity index (χ3n) is 3.59. The van der Waals surface area contributed by atoms with Crippen LogP contribution in [0.5, 0.6) is 0 Å². The summed E-state index contributed by atoms with van der Waals surface area (Å²) in [5.41, 5.74) is 2.67. The van der Waals surface area contributed by atoms with E-state index in [1.54, 1.807) is 20.2 Å². The highest BCUT2D eigenvalue weighted by atomic mass is 32.1. The minimum absolute atomic E-state index is 0.140. The van der Waals surface area contributed by atoms with Crippen molar-refractivity contribution in [3.8, 4) is 6.07 Å². The molecule has 21 heavy (non-hydrogen) atoms. The zero-order valence-corrected chi connectivity index (χ0v) is 12.4. The standard InChI is InChI=1S/C15H12N4OS/c1-8-9(6-16)15(20)19(2)14-10(8)7-17-13-11(18-14)4-3-5-12(13)21/h3-5,7,18,21H,1-2H3. The van der Waals surface area contributed by atoms with Gasteiger partial charge in [0.05, 0.1) is 11.4 Å². The van der Waals surface area contributed by atoms with Crippen LogP contribution >= 0.6 is 12.6 Å². The number of thiol groups is 1. The molecule has 1 aromatic heterocycles. The number of hydrogen-bond donors (Lipinski definition) is 2. The molecule has 104 valence electrons. The normalized spacial score (nSPS) is 11.9. The zero-order valence-electron chi connectivity index (χ0n) is 11.5. The molecule has 0 aliphatic carbocycles. The van der Waals surface area contributed by atoms with Crippen LogP contribution in [0.4, 0.5) is 17.2 Å². The Morgan fingerprint density at radius 2 is 2.19 bits per heavy atom. The van der Waals surface area contributed by atoms with Gasteiger partial charge in [0, 0.05) is 23.7 Å². The molecule has 1 N–H and O–H groups in total. The first-order valence-electron chi connectivity index (χ1n) is 6.31. The molecule has 0 saturated carbocycles. The third-order valence-corrected chi connectivity index (χ3v) is 3.95. The van der Waals surface area contributed by atoms with Gasteiger partial charge in [-0.25, -0.2) is 0 Å². The number of nitriles is 1. The first kappa shape index (κ1) is 13.5. The van der Waals surface area contributed by atoms with Crippen molar-refractivity contribution in [3.05, 3.63) is 45.2 Å². The highest BCUT2D eigenvalue weighted by Crippen LogP contribution is 2.37. The van der Waals surface area contributed by atoms with E-state index in [1.807, 2.05) is 24.3 Å². The van der Waals surface area contributed by atoms with E-state index in [0.717, 1.165) is 16.1 Å². The largest absolute Gasteiger partial charge is 0.339 e. The van der Waals surface area contributed by atoms with Crippen molar-refractivity contribution in [2.24, 2.45) is 12.0 Å². The van der Waals surface area contributed by atoms with Crippen LogP contribution in [0, 0.1) is 18.3 Å². The van der Waals surface area contributed by atoms with Crippen molar-refractivity contribution in [1.82, 2.24) is 4.57 Å². The minimum atomic E-state index is -0.319. The minimum Gasteiger partial charge on any atom is -0.339 e. The molecule has 1 aromatic carbocycles. The number of nitrogens with one attached hydrogen (secondary N) is 1. The number of hydrogen-bond acceptors (Lipinski definition) is 5. The van der Waals surface area contributed by atoms with E-state index in [2.05, 4.69) is 22.9 Å². The highest BCUT2D eigenvalue weighted by molar-refractivity contribution is 7.80.